The first kappa shape index (κ1) is 11.6. The minimum absolute atomic E-state index is 0.0766. The molecule has 2 aromatic rings. The van der Waals surface area contributed by atoms with Crippen molar-refractivity contribution in [1.82, 2.24) is 4.98 Å². The second kappa shape index (κ2) is 4.97. The molecule has 0 aliphatic heterocycles. The summed E-state index contributed by atoms with van der Waals surface area (Å²) in [7, 11) is 0. The van der Waals surface area contributed by atoms with E-state index in [1.807, 2.05) is 36.6 Å². The first-order chi connectivity index (χ1) is 8.13. The van der Waals surface area contributed by atoms with Crippen LogP contribution in [-0.2, 0) is 4.79 Å². The topological polar surface area (TPSA) is 54.0 Å². The average Bonchev–Trinajstić information content (AvgIpc) is 2.63. The van der Waals surface area contributed by atoms with Gasteiger partial charge < -0.3 is 10.6 Å². The van der Waals surface area contributed by atoms with Crippen LogP contribution in [0.15, 0.2) is 29.6 Å². The highest BCUT2D eigenvalue weighted by atomic mass is 32.1. The summed E-state index contributed by atoms with van der Waals surface area (Å²) in [5.41, 5.74) is 2.68. The lowest BCUT2D eigenvalue weighted by atomic mass is 10.3. The van der Waals surface area contributed by atoms with Gasteiger partial charge in [0.05, 0.1) is 5.69 Å². The van der Waals surface area contributed by atoms with Crippen molar-refractivity contribution in [1.29, 1.82) is 0 Å². The molecule has 0 unspecified atom stereocenters. The molecular formula is C12H13N3OS. The van der Waals surface area contributed by atoms with Gasteiger partial charge in [-0.25, -0.2) is 4.98 Å². The molecule has 0 radical (unpaired) electrons. The van der Waals surface area contributed by atoms with Crippen LogP contribution in [0.5, 0.6) is 0 Å². The Morgan fingerprint density at radius 3 is 2.76 bits per heavy atom. The quantitative estimate of drug-likeness (QED) is 0.876. The Bertz CT molecular complexity index is 536. The standard InChI is InChI=1S/C12H13N3OS/c1-8-7-17-12(13-8)15-11-5-3-4-10(6-11)14-9(2)16/h3-7H,1-2H3,(H,13,15)(H,14,16). The minimum atomic E-state index is -0.0766. The number of aromatic nitrogens is 1. The highest BCUT2D eigenvalue weighted by molar-refractivity contribution is 7.13. The van der Waals surface area contributed by atoms with E-state index in [2.05, 4.69) is 15.6 Å². The fraction of sp³-hybridized carbons (Fsp3) is 0.167. The summed E-state index contributed by atoms with van der Waals surface area (Å²) in [5, 5.41) is 8.77. The maximum Gasteiger partial charge on any atom is 0.221 e. The number of rotatable bonds is 3. The number of nitrogens with one attached hydrogen (secondary N) is 2. The summed E-state index contributed by atoms with van der Waals surface area (Å²) in [6.45, 7) is 3.44. The first-order valence-electron chi connectivity index (χ1n) is 5.20. The average molecular weight is 247 g/mol. The molecule has 0 bridgehead atoms. The molecule has 17 heavy (non-hydrogen) atoms. The maximum atomic E-state index is 10.9. The fourth-order valence-electron chi connectivity index (χ4n) is 1.41. The first-order valence-corrected chi connectivity index (χ1v) is 6.08. The maximum absolute atomic E-state index is 10.9. The number of hydrogen-bond acceptors (Lipinski definition) is 4. The molecule has 1 aromatic heterocycles. The summed E-state index contributed by atoms with van der Waals surface area (Å²) in [6, 6.07) is 7.54. The van der Waals surface area contributed by atoms with Crippen molar-refractivity contribution < 1.29 is 4.79 Å². The number of thiazole rings is 1. The molecule has 1 aromatic carbocycles. The Labute approximate surface area is 104 Å². The van der Waals surface area contributed by atoms with E-state index in [9.17, 15) is 4.79 Å². The van der Waals surface area contributed by atoms with E-state index in [4.69, 9.17) is 0 Å². The zero-order valence-corrected chi connectivity index (χ0v) is 10.5. The zero-order chi connectivity index (χ0) is 12.3. The van der Waals surface area contributed by atoms with E-state index < -0.39 is 0 Å². The Morgan fingerprint density at radius 2 is 2.12 bits per heavy atom. The van der Waals surface area contributed by atoms with Gasteiger partial charge in [0.15, 0.2) is 5.13 Å². The Hall–Kier alpha value is -1.88. The molecule has 0 saturated heterocycles. The van der Waals surface area contributed by atoms with Crippen LogP contribution in [0.2, 0.25) is 0 Å². The summed E-state index contributed by atoms with van der Waals surface area (Å²) < 4.78 is 0. The SMILES string of the molecule is CC(=O)Nc1cccc(Nc2nc(C)cs2)c1. The van der Waals surface area contributed by atoms with Crippen LogP contribution in [0.4, 0.5) is 16.5 Å². The Balaban J connectivity index is 2.13. The molecule has 1 amide bonds. The van der Waals surface area contributed by atoms with Crippen molar-refractivity contribution in [2.45, 2.75) is 13.8 Å². The molecule has 88 valence electrons. The van der Waals surface area contributed by atoms with E-state index in [0.29, 0.717) is 0 Å². The van der Waals surface area contributed by atoms with E-state index in [1.54, 1.807) is 11.3 Å². The number of anilines is 3. The Kier molecular flexibility index (Phi) is 3.39. The lowest BCUT2D eigenvalue weighted by molar-refractivity contribution is -0.114. The molecule has 0 saturated carbocycles. The van der Waals surface area contributed by atoms with Crippen molar-refractivity contribution in [3.05, 3.63) is 35.3 Å². The molecular weight excluding hydrogens is 234 g/mol. The van der Waals surface area contributed by atoms with Gasteiger partial charge >= 0.3 is 0 Å². The van der Waals surface area contributed by atoms with Gasteiger partial charge in [0.25, 0.3) is 0 Å². The normalized spacial score (nSPS) is 10.0. The molecule has 0 spiro atoms. The van der Waals surface area contributed by atoms with E-state index in [1.165, 1.54) is 6.92 Å². The predicted molar refractivity (Wildman–Crippen MR) is 70.9 cm³/mol. The molecule has 5 heteroatoms. The number of carbonyl (C=O) groups is 1. The number of amides is 1. The molecule has 0 atom stereocenters. The van der Waals surface area contributed by atoms with Crippen molar-refractivity contribution in [3.63, 3.8) is 0 Å². The molecule has 0 aliphatic carbocycles. The van der Waals surface area contributed by atoms with Crippen molar-refractivity contribution >= 4 is 33.8 Å². The number of aryl methyl sites for hydroxylation is 1. The molecule has 2 N–H and O–H groups in total. The van der Waals surface area contributed by atoms with Gasteiger partial charge in [-0.3, -0.25) is 4.79 Å². The third-order valence-electron chi connectivity index (χ3n) is 2.05. The highest BCUT2D eigenvalue weighted by Gasteiger charge is 2.01. The third kappa shape index (κ3) is 3.29. The summed E-state index contributed by atoms with van der Waals surface area (Å²) in [6.07, 6.45) is 0. The van der Waals surface area contributed by atoms with E-state index in [0.717, 1.165) is 22.2 Å². The highest BCUT2D eigenvalue weighted by Crippen LogP contribution is 2.22. The lowest BCUT2D eigenvalue weighted by Gasteiger charge is -2.06. The second-order valence-electron chi connectivity index (χ2n) is 3.68. The molecule has 0 aliphatic rings. The summed E-state index contributed by atoms with van der Waals surface area (Å²) in [4.78, 5) is 15.3. The number of nitrogens with zero attached hydrogens (tertiary/aromatic N) is 1. The summed E-state index contributed by atoms with van der Waals surface area (Å²) in [5.74, 6) is -0.0766. The van der Waals surface area contributed by atoms with E-state index >= 15 is 0 Å². The van der Waals surface area contributed by atoms with Crippen LogP contribution in [-0.4, -0.2) is 10.9 Å². The fourth-order valence-corrected chi connectivity index (χ4v) is 2.12. The van der Waals surface area contributed by atoms with Gasteiger partial charge in [0.2, 0.25) is 5.91 Å². The summed E-state index contributed by atoms with van der Waals surface area (Å²) >= 11 is 1.55. The number of carbonyl (C=O) groups excluding carboxylic acids is 1. The van der Waals surface area contributed by atoms with Gasteiger partial charge in [-0.05, 0) is 25.1 Å². The zero-order valence-electron chi connectivity index (χ0n) is 9.65. The van der Waals surface area contributed by atoms with Gasteiger partial charge in [0, 0.05) is 23.7 Å². The van der Waals surface area contributed by atoms with Crippen molar-refractivity contribution in [2.75, 3.05) is 10.6 Å². The molecule has 2 rings (SSSR count). The van der Waals surface area contributed by atoms with Gasteiger partial charge in [0.1, 0.15) is 0 Å². The molecule has 4 nitrogen and oxygen atoms in total. The third-order valence-corrected chi connectivity index (χ3v) is 2.93. The number of hydrogen-bond donors (Lipinski definition) is 2. The van der Waals surface area contributed by atoms with Gasteiger partial charge in [-0.1, -0.05) is 6.07 Å². The smallest absolute Gasteiger partial charge is 0.221 e. The van der Waals surface area contributed by atoms with Crippen LogP contribution < -0.4 is 10.6 Å². The second-order valence-corrected chi connectivity index (χ2v) is 4.54. The van der Waals surface area contributed by atoms with Crippen LogP contribution >= 0.6 is 11.3 Å². The largest absolute Gasteiger partial charge is 0.331 e. The monoisotopic (exact) mass is 247 g/mol. The van der Waals surface area contributed by atoms with Crippen molar-refractivity contribution in [2.24, 2.45) is 0 Å². The lowest BCUT2D eigenvalue weighted by Crippen LogP contribution is -2.05. The van der Waals surface area contributed by atoms with Crippen LogP contribution in [0.3, 0.4) is 0 Å². The van der Waals surface area contributed by atoms with Crippen LogP contribution in [0, 0.1) is 6.92 Å². The molecule has 0 fully saturated rings. The van der Waals surface area contributed by atoms with Gasteiger partial charge in [-0.15, -0.1) is 11.3 Å². The van der Waals surface area contributed by atoms with Crippen LogP contribution in [0.25, 0.3) is 0 Å². The predicted octanol–water partition coefficient (Wildman–Crippen LogP) is 3.15. The van der Waals surface area contributed by atoms with E-state index in [-0.39, 0.29) is 5.91 Å². The van der Waals surface area contributed by atoms with Gasteiger partial charge in [-0.2, -0.15) is 0 Å². The minimum Gasteiger partial charge on any atom is -0.331 e. The molecule has 1 heterocycles. The van der Waals surface area contributed by atoms with Crippen LogP contribution in [0.1, 0.15) is 12.6 Å². The Morgan fingerprint density at radius 1 is 1.35 bits per heavy atom. The van der Waals surface area contributed by atoms with Crippen molar-refractivity contribution in [3.8, 4) is 0 Å². The number of benzene rings is 1.